The quantitative estimate of drug-likeness (QED) is 0.653. The van der Waals surface area contributed by atoms with Crippen LogP contribution < -0.4 is 10.9 Å². The summed E-state index contributed by atoms with van der Waals surface area (Å²) in [5.41, 5.74) is 1.00. The van der Waals surface area contributed by atoms with Crippen molar-refractivity contribution in [2.45, 2.75) is 70.6 Å². The molecular weight excluding hydrogens is 354 g/mol. The van der Waals surface area contributed by atoms with Gasteiger partial charge < -0.3 is 5.32 Å². The molecule has 1 aliphatic carbocycles. The molecule has 0 bridgehead atoms. The van der Waals surface area contributed by atoms with Gasteiger partial charge in [-0.05, 0) is 58.9 Å². The number of carbonyl (C=O) groups is 1. The molecule has 3 rings (SSSR count). The molecular formula is C18H25N3O2S2. The molecule has 0 atom stereocenters. The van der Waals surface area contributed by atoms with E-state index < -0.39 is 0 Å². The van der Waals surface area contributed by atoms with Crippen LogP contribution in [0, 0.1) is 0 Å². The second-order valence-corrected chi connectivity index (χ2v) is 9.45. The van der Waals surface area contributed by atoms with Gasteiger partial charge in [-0.2, -0.15) is 0 Å². The first kappa shape index (κ1) is 18.5. The Morgan fingerprint density at radius 3 is 2.72 bits per heavy atom. The van der Waals surface area contributed by atoms with Gasteiger partial charge in [-0.1, -0.05) is 11.8 Å². The number of amides is 1. The highest BCUT2D eigenvalue weighted by atomic mass is 32.2. The molecule has 25 heavy (non-hydrogen) atoms. The predicted molar refractivity (Wildman–Crippen MR) is 105 cm³/mol. The minimum atomic E-state index is -0.258. The van der Waals surface area contributed by atoms with Gasteiger partial charge in [-0.15, -0.1) is 11.3 Å². The zero-order valence-corrected chi connectivity index (χ0v) is 16.9. The SMILES string of the molecule is CCn1c(SCC(=O)NC(C)(C)C)nc2sc3c(c2c1=O)CCCC3. The monoisotopic (exact) mass is 379 g/mol. The third kappa shape index (κ3) is 3.92. The van der Waals surface area contributed by atoms with Gasteiger partial charge in [-0.25, -0.2) is 4.98 Å². The maximum atomic E-state index is 13.0. The van der Waals surface area contributed by atoms with E-state index >= 15 is 0 Å². The Hall–Kier alpha value is -1.34. The van der Waals surface area contributed by atoms with E-state index in [-0.39, 0.29) is 22.8 Å². The van der Waals surface area contributed by atoms with Crippen molar-refractivity contribution >= 4 is 39.2 Å². The van der Waals surface area contributed by atoms with E-state index in [4.69, 9.17) is 4.98 Å². The number of rotatable bonds is 4. The van der Waals surface area contributed by atoms with E-state index in [9.17, 15) is 9.59 Å². The molecule has 0 fully saturated rings. The lowest BCUT2D eigenvalue weighted by atomic mass is 9.97. The molecule has 0 aromatic carbocycles. The van der Waals surface area contributed by atoms with Crippen molar-refractivity contribution in [1.29, 1.82) is 0 Å². The van der Waals surface area contributed by atoms with Crippen molar-refractivity contribution in [1.82, 2.24) is 14.9 Å². The maximum absolute atomic E-state index is 13.0. The van der Waals surface area contributed by atoms with E-state index in [0.717, 1.165) is 29.5 Å². The number of thioether (sulfide) groups is 1. The van der Waals surface area contributed by atoms with Crippen molar-refractivity contribution in [2.75, 3.05) is 5.75 Å². The Morgan fingerprint density at radius 2 is 2.04 bits per heavy atom. The summed E-state index contributed by atoms with van der Waals surface area (Å²) >= 11 is 3.00. The average molecular weight is 380 g/mol. The summed E-state index contributed by atoms with van der Waals surface area (Å²) in [4.78, 5) is 32.0. The third-order valence-electron chi connectivity index (χ3n) is 4.20. The Bertz CT molecular complexity index is 862. The van der Waals surface area contributed by atoms with Crippen LogP contribution in [0.15, 0.2) is 9.95 Å². The fourth-order valence-electron chi connectivity index (χ4n) is 3.19. The number of fused-ring (bicyclic) bond motifs is 3. The molecule has 0 spiro atoms. The van der Waals surface area contributed by atoms with Crippen LogP contribution in [0.3, 0.4) is 0 Å². The normalized spacial score (nSPS) is 14.6. The van der Waals surface area contributed by atoms with Crippen molar-refractivity contribution in [2.24, 2.45) is 0 Å². The first-order chi connectivity index (χ1) is 11.8. The summed E-state index contributed by atoms with van der Waals surface area (Å²) < 4.78 is 1.71. The molecule has 1 aliphatic rings. The van der Waals surface area contributed by atoms with Crippen LogP contribution in [-0.2, 0) is 24.2 Å². The van der Waals surface area contributed by atoms with Crippen molar-refractivity contribution < 1.29 is 4.79 Å². The summed E-state index contributed by atoms with van der Waals surface area (Å²) in [5.74, 6) is 0.223. The predicted octanol–water partition coefficient (Wildman–Crippen LogP) is 3.36. The lowest BCUT2D eigenvalue weighted by molar-refractivity contribution is -0.119. The molecule has 1 amide bonds. The standard InChI is InChI=1S/C18H25N3O2S2/c1-5-21-16(23)14-11-8-6-7-9-12(11)25-15(14)19-17(21)24-10-13(22)20-18(2,3)4/h5-10H2,1-4H3,(H,20,22). The van der Waals surface area contributed by atoms with Crippen LogP contribution >= 0.6 is 23.1 Å². The summed E-state index contributed by atoms with van der Waals surface area (Å²) in [5, 5.41) is 4.40. The van der Waals surface area contributed by atoms with E-state index in [1.54, 1.807) is 15.9 Å². The van der Waals surface area contributed by atoms with Gasteiger partial charge in [0, 0.05) is 17.0 Å². The van der Waals surface area contributed by atoms with Crippen LogP contribution in [0.25, 0.3) is 10.2 Å². The van der Waals surface area contributed by atoms with Crippen molar-refractivity contribution in [3.8, 4) is 0 Å². The number of hydrogen-bond donors (Lipinski definition) is 1. The van der Waals surface area contributed by atoms with Gasteiger partial charge >= 0.3 is 0 Å². The topological polar surface area (TPSA) is 64.0 Å². The summed E-state index contributed by atoms with van der Waals surface area (Å²) in [6.45, 7) is 8.39. The third-order valence-corrected chi connectivity index (χ3v) is 6.36. The number of nitrogens with zero attached hydrogens (tertiary/aromatic N) is 2. The molecule has 0 unspecified atom stereocenters. The second-order valence-electron chi connectivity index (χ2n) is 7.42. The molecule has 7 heteroatoms. The van der Waals surface area contributed by atoms with Crippen LogP contribution in [0.5, 0.6) is 0 Å². The van der Waals surface area contributed by atoms with Gasteiger partial charge in [0.2, 0.25) is 5.91 Å². The van der Waals surface area contributed by atoms with Crippen LogP contribution in [0.2, 0.25) is 0 Å². The van der Waals surface area contributed by atoms with Gasteiger partial charge in [0.25, 0.3) is 5.56 Å². The molecule has 2 aromatic rings. The highest BCUT2D eigenvalue weighted by Crippen LogP contribution is 2.34. The molecule has 2 aromatic heterocycles. The van der Waals surface area contributed by atoms with Crippen LogP contribution in [0.1, 0.15) is 51.0 Å². The van der Waals surface area contributed by atoms with E-state index in [1.807, 2.05) is 27.7 Å². The summed E-state index contributed by atoms with van der Waals surface area (Å²) in [6, 6.07) is 0. The summed E-state index contributed by atoms with van der Waals surface area (Å²) in [6.07, 6.45) is 4.37. The van der Waals surface area contributed by atoms with Crippen molar-refractivity contribution in [3.63, 3.8) is 0 Å². The van der Waals surface area contributed by atoms with E-state index in [2.05, 4.69) is 5.32 Å². The van der Waals surface area contributed by atoms with Gasteiger partial charge in [0.05, 0.1) is 11.1 Å². The molecule has 0 saturated carbocycles. The maximum Gasteiger partial charge on any atom is 0.263 e. The van der Waals surface area contributed by atoms with Crippen LogP contribution in [-0.4, -0.2) is 26.8 Å². The largest absolute Gasteiger partial charge is 0.351 e. The zero-order chi connectivity index (χ0) is 18.2. The minimum absolute atomic E-state index is 0.0417. The molecule has 1 N–H and O–H groups in total. The molecule has 0 radical (unpaired) electrons. The van der Waals surface area contributed by atoms with Gasteiger partial charge in [-0.3, -0.25) is 14.2 Å². The van der Waals surface area contributed by atoms with Crippen LogP contribution in [0.4, 0.5) is 0 Å². The zero-order valence-electron chi connectivity index (χ0n) is 15.3. The van der Waals surface area contributed by atoms with Crippen molar-refractivity contribution in [3.05, 3.63) is 20.8 Å². The van der Waals surface area contributed by atoms with E-state index in [1.165, 1.54) is 28.6 Å². The fourth-order valence-corrected chi connectivity index (χ4v) is 5.36. The molecule has 5 nitrogen and oxygen atoms in total. The highest BCUT2D eigenvalue weighted by molar-refractivity contribution is 7.99. The second kappa shape index (κ2) is 7.11. The molecule has 136 valence electrons. The molecule has 2 heterocycles. The van der Waals surface area contributed by atoms with Gasteiger partial charge in [0.15, 0.2) is 5.16 Å². The highest BCUT2D eigenvalue weighted by Gasteiger charge is 2.22. The number of nitrogens with one attached hydrogen (secondary N) is 1. The Morgan fingerprint density at radius 1 is 1.32 bits per heavy atom. The molecule has 0 aliphatic heterocycles. The lowest BCUT2D eigenvalue weighted by Gasteiger charge is -2.20. The number of hydrogen-bond acceptors (Lipinski definition) is 5. The smallest absolute Gasteiger partial charge is 0.263 e. The van der Waals surface area contributed by atoms with E-state index in [0.29, 0.717) is 11.7 Å². The number of aryl methyl sites for hydroxylation is 2. The summed E-state index contributed by atoms with van der Waals surface area (Å²) in [7, 11) is 0. The first-order valence-electron chi connectivity index (χ1n) is 8.79. The fraction of sp³-hybridized carbons (Fsp3) is 0.611. The number of thiophene rings is 1. The Balaban J connectivity index is 1.93. The number of aromatic nitrogens is 2. The minimum Gasteiger partial charge on any atom is -0.351 e. The first-order valence-corrected chi connectivity index (χ1v) is 10.6. The molecule has 0 saturated heterocycles. The Labute approximate surface area is 156 Å². The number of carbonyl (C=O) groups excluding carboxylic acids is 1. The lowest BCUT2D eigenvalue weighted by Crippen LogP contribution is -2.41. The average Bonchev–Trinajstić information content (AvgIpc) is 2.89. The Kier molecular flexibility index (Phi) is 5.25. The van der Waals surface area contributed by atoms with Gasteiger partial charge in [0.1, 0.15) is 4.83 Å².